The Morgan fingerprint density at radius 2 is 1.50 bits per heavy atom. The molecule has 0 saturated heterocycles. The second-order valence-corrected chi connectivity index (χ2v) is 10.5. The van der Waals surface area contributed by atoms with E-state index in [1.165, 1.54) is 33.4 Å². The van der Waals surface area contributed by atoms with Crippen molar-refractivity contribution in [3.05, 3.63) is 118 Å². The van der Waals surface area contributed by atoms with Crippen LogP contribution < -0.4 is 0 Å². The third-order valence-electron chi connectivity index (χ3n) is 7.50. The first-order chi connectivity index (χ1) is 18.1. The summed E-state index contributed by atoms with van der Waals surface area (Å²) in [6.07, 6.45) is 1.99. The van der Waals surface area contributed by atoms with Crippen molar-refractivity contribution in [3.8, 4) is 0 Å². The second-order valence-electron chi connectivity index (χ2n) is 10.5. The first-order valence-electron chi connectivity index (χ1n) is 13.5. The van der Waals surface area contributed by atoms with Gasteiger partial charge in [-0.15, -0.1) is 0 Å². The number of aliphatic hydroxyl groups excluding tert-OH is 1. The number of carbonyl (C=O) groups is 1. The van der Waals surface area contributed by atoms with E-state index >= 15 is 0 Å². The van der Waals surface area contributed by atoms with Gasteiger partial charge in [-0.2, -0.15) is 0 Å². The average Bonchev–Trinajstić information content (AvgIpc) is 2.89. The van der Waals surface area contributed by atoms with Gasteiger partial charge in [0.05, 0.1) is 12.0 Å². The molecule has 3 rings (SSSR count). The highest BCUT2D eigenvalue weighted by molar-refractivity contribution is 5.73. The molecule has 4 nitrogen and oxygen atoms in total. The van der Waals surface area contributed by atoms with Gasteiger partial charge < -0.3 is 9.84 Å². The molecule has 202 valence electrons. The van der Waals surface area contributed by atoms with E-state index in [0.29, 0.717) is 0 Å². The molecule has 3 aromatic carbocycles. The van der Waals surface area contributed by atoms with E-state index in [-0.39, 0.29) is 6.04 Å². The number of nitrogens with zero attached hydrogens (tertiary/aromatic N) is 1. The van der Waals surface area contributed by atoms with E-state index in [1.54, 1.807) is 19.1 Å². The predicted octanol–water partition coefficient (Wildman–Crippen LogP) is 7.17. The Morgan fingerprint density at radius 3 is 2.11 bits per heavy atom. The minimum Gasteiger partial charge on any atom is -0.456 e. The molecule has 0 bridgehead atoms. The number of benzene rings is 3. The number of hydrogen-bond donors (Lipinski definition) is 1. The van der Waals surface area contributed by atoms with Crippen molar-refractivity contribution in [1.82, 2.24) is 4.90 Å². The summed E-state index contributed by atoms with van der Waals surface area (Å²) in [7, 11) is 0. The van der Waals surface area contributed by atoms with Crippen LogP contribution in [0.1, 0.15) is 65.8 Å². The minimum atomic E-state index is -0.889. The normalized spacial score (nSPS) is 14.9. The molecular weight excluding hydrogens is 470 g/mol. The lowest BCUT2D eigenvalue weighted by Gasteiger charge is -2.36. The molecule has 38 heavy (non-hydrogen) atoms. The quantitative estimate of drug-likeness (QED) is 0.218. The zero-order valence-corrected chi connectivity index (χ0v) is 23.9. The van der Waals surface area contributed by atoms with Crippen molar-refractivity contribution in [3.63, 3.8) is 0 Å². The van der Waals surface area contributed by atoms with E-state index in [2.05, 4.69) is 75.9 Å². The van der Waals surface area contributed by atoms with Crippen LogP contribution in [0.4, 0.5) is 0 Å². The number of esters is 1. The van der Waals surface area contributed by atoms with Crippen LogP contribution in [-0.2, 0) is 22.6 Å². The van der Waals surface area contributed by atoms with Crippen LogP contribution in [0.15, 0.2) is 78.9 Å². The fraction of sp³-hybridized carbons (Fsp3) is 0.382. The summed E-state index contributed by atoms with van der Waals surface area (Å²) in [6, 6.07) is 22.7. The van der Waals surface area contributed by atoms with Crippen molar-refractivity contribution in [2.24, 2.45) is 5.92 Å². The number of hydrogen-bond acceptors (Lipinski definition) is 4. The maximum Gasteiger partial charge on any atom is 0.312 e. The van der Waals surface area contributed by atoms with E-state index < -0.39 is 24.1 Å². The van der Waals surface area contributed by atoms with Crippen LogP contribution in [0, 0.1) is 33.6 Å². The van der Waals surface area contributed by atoms with Crippen LogP contribution in [0.5, 0.6) is 0 Å². The van der Waals surface area contributed by atoms with Gasteiger partial charge in [0, 0.05) is 19.1 Å². The number of allylic oxidation sites excluding steroid dienone is 1. The Labute approximate surface area is 229 Å². The minimum absolute atomic E-state index is 0.132. The molecular formula is C34H43NO3. The van der Waals surface area contributed by atoms with Crippen molar-refractivity contribution in [1.29, 1.82) is 0 Å². The molecule has 0 unspecified atom stereocenters. The molecule has 0 aliphatic heterocycles. The second kappa shape index (κ2) is 13.5. The molecule has 4 heteroatoms. The monoisotopic (exact) mass is 513 g/mol. The van der Waals surface area contributed by atoms with Crippen LogP contribution in [0.2, 0.25) is 0 Å². The van der Waals surface area contributed by atoms with E-state index in [0.717, 1.165) is 18.7 Å². The largest absolute Gasteiger partial charge is 0.456 e. The standard InChI is InChI=1S/C34H43NO3/c1-8-14-32(36)27(6)34(37)38-33(29-16-10-9-11-17-29)28(7)35(21-30-18-13-12-15-24(30)3)22-31-25(4)19-23(2)20-26(31)5/h8-20,27-28,32-33,36H,21-22H2,1-7H3/b14-8+/t27-,28+,32-,33+/m1/s1. The lowest BCUT2D eigenvalue weighted by Crippen LogP contribution is -2.40. The molecule has 1 N–H and O–H groups in total. The third-order valence-corrected chi connectivity index (χ3v) is 7.50. The van der Waals surface area contributed by atoms with Gasteiger partial charge in [-0.3, -0.25) is 9.69 Å². The van der Waals surface area contributed by atoms with E-state index in [4.69, 9.17) is 4.74 Å². The van der Waals surface area contributed by atoms with Gasteiger partial charge in [-0.25, -0.2) is 0 Å². The van der Waals surface area contributed by atoms with Gasteiger partial charge in [-0.05, 0) is 81.8 Å². The fourth-order valence-corrected chi connectivity index (χ4v) is 5.03. The van der Waals surface area contributed by atoms with Gasteiger partial charge in [0.2, 0.25) is 0 Å². The summed E-state index contributed by atoms with van der Waals surface area (Å²) in [5.41, 5.74) is 8.50. The molecule has 4 atom stereocenters. The van der Waals surface area contributed by atoms with Gasteiger partial charge in [-0.1, -0.05) is 84.4 Å². The molecule has 0 spiro atoms. The van der Waals surface area contributed by atoms with Crippen LogP contribution in [0.3, 0.4) is 0 Å². The Bertz CT molecular complexity index is 1210. The molecule has 0 fully saturated rings. The van der Waals surface area contributed by atoms with Crippen molar-refractivity contribution in [2.45, 2.75) is 79.8 Å². The van der Waals surface area contributed by atoms with Crippen LogP contribution >= 0.6 is 0 Å². The number of carbonyl (C=O) groups excluding carboxylic acids is 1. The first-order valence-corrected chi connectivity index (χ1v) is 13.5. The summed E-state index contributed by atoms with van der Waals surface area (Å²) in [5, 5.41) is 10.4. The lowest BCUT2D eigenvalue weighted by molar-refractivity contribution is -0.160. The Kier molecular flexibility index (Phi) is 10.5. The van der Waals surface area contributed by atoms with Crippen LogP contribution in [0.25, 0.3) is 0 Å². The zero-order chi connectivity index (χ0) is 27.8. The highest BCUT2D eigenvalue weighted by atomic mass is 16.5. The first kappa shape index (κ1) is 29.3. The van der Waals surface area contributed by atoms with Crippen molar-refractivity contribution < 1.29 is 14.6 Å². The van der Waals surface area contributed by atoms with Gasteiger partial charge in [0.15, 0.2) is 0 Å². The van der Waals surface area contributed by atoms with Crippen molar-refractivity contribution >= 4 is 5.97 Å². The summed E-state index contributed by atoms with van der Waals surface area (Å²) < 4.78 is 6.22. The summed E-state index contributed by atoms with van der Waals surface area (Å²) in [6.45, 7) is 15.7. The van der Waals surface area contributed by atoms with E-state index in [9.17, 15) is 9.90 Å². The molecule has 0 aromatic heterocycles. The van der Waals surface area contributed by atoms with Gasteiger partial charge in [0.25, 0.3) is 0 Å². The molecule has 0 heterocycles. The summed E-state index contributed by atoms with van der Waals surface area (Å²) >= 11 is 0. The molecule has 3 aromatic rings. The van der Waals surface area contributed by atoms with Gasteiger partial charge in [0.1, 0.15) is 6.10 Å². The molecule has 0 amide bonds. The Hall–Kier alpha value is -3.21. The average molecular weight is 514 g/mol. The third kappa shape index (κ3) is 7.43. The fourth-order valence-electron chi connectivity index (χ4n) is 5.03. The van der Waals surface area contributed by atoms with Gasteiger partial charge >= 0.3 is 5.97 Å². The Morgan fingerprint density at radius 1 is 0.895 bits per heavy atom. The summed E-state index contributed by atoms with van der Waals surface area (Å²) in [4.78, 5) is 15.7. The number of ether oxygens (including phenoxy) is 1. The topological polar surface area (TPSA) is 49.8 Å². The van der Waals surface area contributed by atoms with Crippen LogP contribution in [-0.4, -0.2) is 28.1 Å². The predicted molar refractivity (Wildman–Crippen MR) is 156 cm³/mol. The highest BCUT2D eigenvalue weighted by Gasteiger charge is 2.32. The maximum atomic E-state index is 13.3. The number of aliphatic hydroxyl groups is 1. The highest BCUT2D eigenvalue weighted by Crippen LogP contribution is 2.31. The Balaban J connectivity index is 2.02. The van der Waals surface area contributed by atoms with Crippen molar-refractivity contribution in [2.75, 3.05) is 0 Å². The maximum absolute atomic E-state index is 13.3. The molecule has 0 saturated carbocycles. The zero-order valence-electron chi connectivity index (χ0n) is 23.9. The smallest absolute Gasteiger partial charge is 0.312 e. The number of rotatable bonds is 11. The lowest BCUT2D eigenvalue weighted by atomic mass is 9.96. The summed E-state index contributed by atoms with van der Waals surface area (Å²) in [5.74, 6) is -1.08. The number of aryl methyl sites for hydroxylation is 4. The molecule has 0 aliphatic rings. The molecule has 0 aliphatic carbocycles. The van der Waals surface area contributed by atoms with E-state index in [1.807, 2.05) is 37.3 Å². The SMILES string of the molecule is C/C=C/[C@@H](O)[C@@H](C)C(=O)O[C@H](c1ccccc1)[C@H](C)N(Cc1ccccc1C)Cc1c(C)cc(C)cc1C. The molecule has 0 radical (unpaired) electrons.